The second-order valence-corrected chi connectivity index (χ2v) is 6.38. The average molecular weight is 400 g/mol. The number of carbonyl (C=O) groups is 2. The number of imide groups is 1. The van der Waals surface area contributed by atoms with Crippen LogP contribution in [0.15, 0.2) is 53.3 Å². The number of fused-ring (bicyclic) bond motifs is 1. The summed E-state index contributed by atoms with van der Waals surface area (Å²) in [6.07, 6.45) is 0. The van der Waals surface area contributed by atoms with Crippen molar-refractivity contribution >= 4 is 29.2 Å². The van der Waals surface area contributed by atoms with E-state index in [2.05, 4.69) is 5.32 Å². The van der Waals surface area contributed by atoms with Gasteiger partial charge in [0.1, 0.15) is 17.4 Å². The molecule has 0 radical (unpaired) electrons. The molecule has 0 aliphatic carbocycles. The zero-order chi connectivity index (χ0) is 20.0. The van der Waals surface area contributed by atoms with Gasteiger partial charge in [0.25, 0.3) is 17.4 Å². The Morgan fingerprint density at radius 3 is 2.57 bits per heavy atom. The molecule has 0 atom stereocenters. The first-order valence-corrected chi connectivity index (χ1v) is 8.37. The van der Waals surface area contributed by atoms with Crippen LogP contribution in [0.5, 0.6) is 11.5 Å². The number of carbonyl (C=O) groups excluding carboxylic acids is 2. The third-order valence-corrected chi connectivity index (χ3v) is 4.37. The second-order valence-electron chi connectivity index (χ2n) is 5.95. The number of nitrogens with zero attached hydrogens (tertiary/aromatic N) is 1. The molecule has 2 heterocycles. The summed E-state index contributed by atoms with van der Waals surface area (Å²) in [5.74, 6) is -1.81. The molecule has 2 aromatic carbocycles. The van der Waals surface area contributed by atoms with E-state index in [0.717, 1.165) is 10.6 Å². The minimum absolute atomic E-state index is 0.0987. The van der Waals surface area contributed by atoms with E-state index < -0.39 is 23.2 Å². The first-order chi connectivity index (χ1) is 13.3. The van der Waals surface area contributed by atoms with Crippen LogP contribution in [0.2, 0.25) is 5.02 Å². The molecule has 9 heteroatoms. The molecule has 1 aliphatic rings. The van der Waals surface area contributed by atoms with Crippen LogP contribution in [0.4, 0.5) is 10.2 Å². The quantitative estimate of drug-likeness (QED) is 0.659. The van der Waals surface area contributed by atoms with Gasteiger partial charge in [-0.1, -0.05) is 17.7 Å². The standard InChI is InChI=1S/C19H11ClFN3O4/c20-9-4-5-14(28-11-3-1-2-10(21)7-11)13(6-9)24-15(25)8-12-16(17(24)22)19(27)23-18(12)26/h1-8H,22H2,(H,23,26,27). The lowest BCUT2D eigenvalue weighted by atomic mass is 10.1. The summed E-state index contributed by atoms with van der Waals surface area (Å²) < 4.78 is 20.2. The largest absolute Gasteiger partial charge is 0.455 e. The molecule has 0 bridgehead atoms. The number of nitrogens with one attached hydrogen (secondary N) is 1. The number of benzene rings is 2. The Kier molecular flexibility index (Phi) is 4.12. The number of aromatic nitrogens is 1. The Balaban J connectivity index is 1.92. The molecule has 3 N–H and O–H groups in total. The van der Waals surface area contributed by atoms with Crippen molar-refractivity contribution in [2.75, 3.05) is 5.73 Å². The highest BCUT2D eigenvalue weighted by molar-refractivity contribution is 6.30. The van der Waals surface area contributed by atoms with E-state index in [4.69, 9.17) is 22.1 Å². The Labute approximate surface area is 162 Å². The molecular formula is C19H11ClFN3O4. The second kappa shape index (κ2) is 6.50. The summed E-state index contributed by atoms with van der Waals surface area (Å²) in [5.41, 5.74) is 5.31. The van der Waals surface area contributed by atoms with Crippen molar-refractivity contribution in [3.63, 3.8) is 0 Å². The van der Waals surface area contributed by atoms with E-state index in [9.17, 15) is 18.8 Å². The highest BCUT2D eigenvalue weighted by Crippen LogP contribution is 2.33. The van der Waals surface area contributed by atoms with Crippen LogP contribution < -0.4 is 21.3 Å². The van der Waals surface area contributed by atoms with E-state index >= 15 is 0 Å². The average Bonchev–Trinajstić information content (AvgIpc) is 2.91. The minimum Gasteiger partial charge on any atom is -0.455 e. The summed E-state index contributed by atoms with van der Waals surface area (Å²) in [6, 6.07) is 10.8. The fraction of sp³-hybridized carbons (Fsp3) is 0. The molecule has 2 amide bonds. The van der Waals surface area contributed by atoms with Crippen LogP contribution >= 0.6 is 11.6 Å². The van der Waals surface area contributed by atoms with Gasteiger partial charge in [0.05, 0.1) is 16.8 Å². The third kappa shape index (κ3) is 2.89. The van der Waals surface area contributed by atoms with Crippen LogP contribution in [-0.2, 0) is 0 Å². The summed E-state index contributed by atoms with van der Waals surface area (Å²) in [4.78, 5) is 36.5. The van der Waals surface area contributed by atoms with Crippen molar-refractivity contribution in [2.45, 2.75) is 0 Å². The van der Waals surface area contributed by atoms with Gasteiger partial charge in [-0.3, -0.25) is 24.3 Å². The smallest absolute Gasteiger partial charge is 0.262 e. The lowest BCUT2D eigenvalue weighted by Crippen LogP contribution is -2.24. The number of anilines is 1. The molecule has 0 spiro atoms. The van der Waals surface area contributed by atoms with Gasteiger partial charge in [-0.2, -0.15) is 0 Å². The molecule has 1 aromatic heterocycles. The predicted octanol–water partition coefficient (Wildman–Crippen LogP) is 2.89. The molecule has 0 unspecified atom stereocenters. The third-order valence-electron chi connectivity index (χ3n) is 4.14. The Bertz CT molecular complexity index is 1220. The highest BCUT2D eigenvalue weighted by atomic mass is 35.5. The fourth-order valence-corrected chi connectivity index (χ4v) is 3.10. The first-order valence-electron chi connectivity index (χ1n) is 7.99. The normalized spacial score (nSPS) is 12.6. The zero-order valence-electron chi connectivity index (χ0n) is 14.0. The molecule has 1 aliphatic heterocycles. The van der Waals surface area contributed by atoms with Crippen molar-refractivity contribution in [3.05, 3.63) is 80.9 Å². The molecule has 0 saturated heterocycles. The van der Waals surface area contributed by atoms with E-state index in [1.54, 1.807) is 0 Å². The van der Waals surface area contributed by atoms with Gasteiger partial charge in [0.2, 0.25) is 0 Å². The monoisotopic (exact) mass is 399 g/mol. The molecule has 3 aromatic rings. The molecule has 7 nitrogen and oxygen atoms in total. The lowest BCUT2D eigenvalue weighted by molar-refractivity contribution is 0.0880. The number of hydrogen-bond donors (Lipinski definition) is 2. The summed E-state index contributed by atoms with van der Waals surface area (Å²) in [7, 11) is 0. The number of hydrogen-bond acceptors (Lipinski definition) is 5. The predicted molar refractivity (Wildman–Crippen MR) is 99.7 cm³/mol. The maximum atomic E-state index is 13.5. The molecule has 4 rings (SSSR count). The van der Waals surface area contributed by atoms with E-state index in [1.165, 1.54) is 42.5 Å². The van der Waals surface area contributed by atoms with Crippen LogP contribution in [-0.4, -0.2) is 16.4 Å². The maximum absolute atomic E-state index is 13.5. The number of rotatable bonds is 3. The van der Waals surface area contributed by atoms with Gasteiger partial charge < -0.3 is 10.5 Å². The van der Waals surface area contributed by atoms with Crippen LogP contribution in [0.3, 0.4) is 0 Å². The minimum atomic E-state index is -0.708. The van der Waals surface area contributed by atoms with Gasteiger partial charge in [0, 0.05) is 17.2 Å². The molecule has 0 saturated carbocycles. The number of nitrogen functional groups attached to an aromatic ring is 1. The van der Waals surface area contributed by atoms with E-state index in [1.807, 2.05) is 0 Å². The van der Waals surface area contributed by atoms with Crippen molar-refractivity contribution in [3.8, 4) is 17.2 Å². The van der Waals surface area contributed by atoms with Gasteiger partial charge in [-0.25, -0.2) is 4.39 Å². The van der Waals surface area contributed by atoms with Gasteiger partial charge in [-0.15, -0.1) is 0 Å². The van der Waals surface area contributed by atoms with Crippen LogP contribution in [0.1, 0.15) is 20.7 Å². The molecule has 28 heavy (non-hydrogen) atoms. The first kappa shape index (κ1) is 17.7. The van der Waals surface area contributed by atoms with Crippen LogP contribution in [0, 0.1) is 5.82 Å². The molecule has 140 valence electrons. The highest BCUT2D eigenvalue weighted by Gasteiger charge is 2.32. The van der Waals surface area contributed by atoms with E-state index in [0.29, 0.717) is 0 Å². The Morgan fingerprint density at radius 2 is 1.82 bits per heavy atom. The number of nitrogens with two attached hydrogens (primary N) is 1. The molecule has 0 fully saturated rings. The summed E-state index contributed by atoms with van der Waals surface area (Å²) in [5, 5.41) is 2.36. The SMILES string of the molecule is Nc1c2c(cc(=O)n1-c1cc(Cl)ccc1Oc1cccc(F)c1)C(=O)NC2=O. The van der Waals surface area contributed by atoms with Crippen LogP contribution in [0.25, 0.3) is 5.69 Å². The van der Waals surface area contributed by atoms with Crippen molar-refractivity contribution < 1.29 is 18.7 Å². The number of ether oxygens (including phenoxy) is 1. The lowest BCUT2D eigenvalue weighted by Gasteiger charge is -2.16. The Hall–Kier alpha value is -3.65. The summed E-state index contributed by atoms with van der Waals surface area (Å²) in [6.45, 7) is 0. The Morgan fingerprint density at radius 1 is 1.04 bits per heavy atom. The van der Waals surface area contributed by atoms with E-state index in [-0.39, 0.29) is 39.2 Å². The topological polar surface area (TPSA) is 103 Å². The van der Waals surface area contributed by atoms with Gasteiger partial charge in [-0.05, 0) is 30.3 Å². The number of halogens is 2. The maximum Gasteiger partial charge on any atom is 0.262 e. The van der Waals surface area contributed by atoms with Crippen molar-refractivity contribution in [1.29, 1.82) is 0 Å². The van der Waals surface area contributed by atoms with Crippen molar-refractivity contribution in [2.24, 2.45) is 0 Å². The van der Waals surface area contributed by atoms with Gasteiger partial charge in [0.15, 0.2) is 5.75 Å². The van der Waals surface area contributed by atoms with Gasteiger partial charge >= 0.3 is 0 Å². The number of pyridine rings is 1. The number of amides is 2. The van der Waals surface area contributed by atoms with Crippen molar-refractivity contribution in [1.82, 2.24) is 9.88 Å². The summed E-state index contributed by atoms with van der Waals surface area (Å²) >= 11 is 6.06. The fourth-order valence-electron chi connectivity index (χ4n) is 2.94. The zero-order valence-corrected chi connectivity index (χ0v) is 14.8. The molecular weight excluding hydrogens is 389 g/mol.